The predicted molar refractivity (Wildman–Crippen MR) is 103 cm³/mol. The summed E-state index contributed by atoms with van der Waals surface area (Å²) in [6.07, 6.45) is 1.87. The molecule has 2 aromatic heterocycles. The third-order valence-electron chi connectivity index (χ3n) is 4.71. The van der Waals surface area contributed by atoms with Crippen LogP contribution in [0, 0.1) is 13.8 Å². The Labute approximate surface area is 154 Å². The van der Waals surface area contributed by atoms with Crippen molar-refractivity contribution < 1.29 is 4.74 Å². The molecule has 138 valence electrons. The molecule has 0 saturated carbocycles. The molecule has 0 unspecified atom stereocenters. The second kappa shape index (κ2) is 8.38. The molecule has 0 spiro atoms. The molecule has 3 rings (SSSR count). The highest BCUT2D eigenvalue weighted by atomic mass is 16.5. The molecular weight excluding hydrogens is 326 g/mol. The predicted octanol–water partition coefficient (Wildman–Crippen LogP) is 3.11. The van der Waals surface area contributed by atoms with Crippen molar-refractivity contribution in [3.63, 3.8) is 0 Å². The SMILES string of the molecule is CCn1nc(C)c(CN(CCOC)Cc2cnc3ccccc3n2)c1C. The number of hydrogen-bond donors (Lipinski definition) is 0. The molecule has 26 heavy (non-hydrogen) atoms. The van der Waals surface area contributed by atoms with Gasteiger partial charge in [0.15, 0.2) is 0 Å². The Balaban J connectivity index is 1.82. The Morgan fingerprint density at radius 1 is 1.12 bits per heavy atom. The van der Waals surface area contributed by atoms with E-state index in [1.807, 2.05) is 30.5 Å². The third kappa shape index (κ3) is 4.08. The zero-order chi connectivity index (χ0) is 18.5. The first-order valence-corrected chi connectivity index (χ1v) is 9.07. The lowest BCUT2D eigenvalue weighted by atomic mass is 10.1. The van der Waals surface area contributed by atoms with Gasteiger partial charge in [-0.2, -0.15) is 5.10 Å². The first kappa shape index (κ1) is 18.5. The van der Waals surface area contributed by atoms with E-state index in [0.717, 1.165) is 48.6 Å². The number of nitrogens with zero attached hydrogens (tertiary/aromatic N) is 5. The van der Waals surface area contributed by atoms with Crippen molar-refractivity contribution in [2.45, 2.75) is 40.4 Å². The quantitative estimate of drug-likeness (QED) is 0.623. The van der Waals surface area contributed by atoms with Gasteiger partial charge in [0.1, 0.15) is 0 Å². The van der Waals surface area contributed by atoms with Gasteiger partial charge in [0.2, 0.25) is 0 Å². The van der Waals surface area contributed by atoms with E-state index in [2.05, 4.69) is 40.4 Å². The van der Waals surface area contributed by atoms with Crippen molar-refractivity contribution in [1.29, 1.82) is 0 Å². The minimum Gasteiger partial charge on any atom is -0.383 e. The van der Waals surface area contributed by atoms with Crippen molar-refractivity contribution in [1.82, 2.24) is 24.6 Å². The molecular formula is C20H27N5O. The number of aromatic nitrogens is 4. The second-order valence-electron chi connectivity index (χ2n) is 6.52. The standard InChI is InChI=1S/C20H27N5O/c1-5-25-16(3)18(15(2)23-25)14-24(10-11-26-4)13-17-12-21-19-8-6-7-9-20(19)22-17/h6-9,12H,5,10-11,13-14H2,1-4H3. The zero-order valence-corrected chi connectivity index (χ0v) is 16.1. The molecule has 0 saturated heterocycles. The van der Waals surface area contributed by atoms with Crippen LogP contribution in [-0.4, -0.2) is 44.9 Å². The summed E-state index contributed by atoms with van der Waals surface area (Å²) in [5.41, 5.74) is 6.45. The maximum atomic E-state index is 5.31. The van der Waals surface area contributed by atoms with Crippen LogP contribution in [0.3, 0.4) is 0 Å². The summed E-state index contributed by atoms with van der Waals surface area (Å²) in [6.45, 7) is 10.3. The molecule has 3 aromatic rings. The average molecular weight is 353 g/mol. The summed E-state index contributed by atoms with van der Waals surface area (Å²) in [7, 11) is 1.74. The van der Waals surface area contributed by atoms with Crippen molar-refractivity contribution in [3.05, 3.63) is 53.1 Å². The number of ether oxygens (including phenoxy) is 1. The summed E-state index contributed by atoms with van der Waals surface area (Å²) >= 11 is 0. The number of aryl methyl sites for hydroxylation is 2. The largest absolute Gasteiger partial charge is 0.383 e. The highest BCUT2D eigenvalue weighted by molar-refractivity contribution is 5.73. The minimum atomic E-state index is 0.682. The van der Waals surface area contributed by atoms with Gasteiger partial charge in [0.25, 0.3) is 0 Å². The second-order valence-corrected chi connectivity index (χ2v) is 6.52. The summed E-state index contributed by atoms with van der Waals surface area (Å²) in [5, 5.41) is 4.64. The molecule has 0 aliphatic rings. The number of methoxy groups -OCH3 is 1. The van der Waals surface area contributed by atoms with E-state index >= 15 is 0 Å². The number of rotatable bonds is 8. The number of benzene rings is 1. The normalized spacial score (nSPS) is 11.6. The Hall–Kier alpha value is -2.31. The number of para-hydroxylation sites is 2. The van der Waals surface area contributed by atoms with E-state index in [0.29, 0.717) is 6.61 Å². The van der Waals surface area contributed by atoms with Gasteiger partial charge >= 0.3 is 0 Å². The van der Waals surface area contributed by atoms with Crippen molar-refractivity contribution in [2.24, 2.45) is 0 Å². The molecule has 0 radical (unpaired) electrons. The lowest BCUT2D eigenvalue weighted by Crippen LogP contribution is -2.27. The van der Waals surface area contributed by atoms with Gasteiger partial charge in [0.05, 0.1) is 35.2 Å². The number of hydrogen-bond acceptors (Lipinski definition) is 5. The maximum absolute atomic E-state index is 5.31. The van der Waals surface area contributed by atoms with E-state index in [1.54, 1.807) is 7.11 Å². The van der Waals surface area contributed by atoms with Gasteiger partial charge in [0, 0.05) is 44.5 Å². The molecule has 6 nitrogen and oxygen atoms in total. The molecule has 6 heteroatoms. The van der Waals surface area contributed by atoms with E-state index in [4.69, 9.17) is 9.72 Å². The smallest absolute Gasteiger partial charge is 0.0890 e. The summed E-state index contributed by atoms with van der Waals surface area (Å²) < 4.78 is 7.37. The van der Waals surface area contributed by atoms with Gasteiger partial charge in [-0.05, 0) is 32.9 Å². The molecule has 0 amide bonds. The monoisotopic (exact) mass is 353 g/mol. The molecule has 0 aliphatic heterocycles. The lowest BCUT2D eigenvalue weighted by molar-refractivity contribution is 0.139. The van der Waals surface area contributed by atoms with Gasteiger partial charge in [-0.1, -0.05) is 12.1 Å². The summed E-state index contributed by atoms with van der Waals surface area (Å²) in [5.74, 6) is 0. The van der Waals surface area contributed by atoms with Crippen LogP contribution < -0.4 is 0 Å². The lowest BCUT2D eigenvalue weighted by Gasteiger charge is -2.22. The van der Waals surface area contributed by atoms with Crippen molar-refractivity contribution in [2.75, 3.05) is 20.3 Å². The molecule has 0 atom stereocenters. The van der Waals surface area contributed by atoms with Crippen LogP contribution in [0.15, 0.2) is 30.5 Å². The highest BCUT2D eigenvalue weighted by Gasteiger charge is 2.16. The molecule has 2 heterocycles. The number of fused-ring (bicyclic) bond motifs is 1. The van der Waals surface area contributed by atoms with Crippen LogP contribution in [0.5, 0.6) is 0 Å². The first-order valence-electron chi connectivity index (χ1n) is 9.07. The molecule has 1 aromatic carbocycles. The van der Waals surface area contributed by atoms with E-state index < -0.39 is 0 Å². The Kier molecular flexibility index (Phi) is 5.96. The van der Waals surface area contributed by atoms with E-state index in [9.17, 15) is 0 Å². The van der Waals surface area contributed by atoms with E-state index in [1.165, 1.54) is 11.3 Å². The van der Waals surface area contributed by atoms with Crippen LogP contribution in [0.25, 0.3) is 11.0 Å². The fourth-order valence-electron chi connectivity index (χ4n) is 3.23. The van der Waals surface area contributed by atoms with Gasteiger partial charge in [-0.25, -0.2) is 4.98 Å². The molecule has 0 bridgehead atoms. The molecule has 0 aliphatic carbocycles. The zero-order valence-electron chi connectivity index (χ0n) is 16.1. The fraction of sp³-hybridized carbons (Fsp3) is 0.450. The molecule has 0 fully saturated rings. The van der Waals surface area contributed by atoms with Crippen LogP contribution >= 0.6 is 0 Å². The molecule has 0 N–H and O–H groups in total. The van der Waals surface area contributed by atoms with Gasteiger partial charge < -0.3 is 4.74 Å². The topological polar surface area (TPSA) is 56.1 Å². The Morgan fingerprint density at radius 3 is 2.58 bits per heavy atom. The first-order chi connectivity index (χ1) is 12.6. The van der Waals surface area contributed by atoms with Crippen molar-refractivity contribution >= 4 is 11.0 Å². The highest BCUT2D eigenvalue weighted by Crippen LogP contribution is 2.17. The van der Waals surface area contributed by atoms with E-state index in [-0.39, 0.29) is 0 Å². The average Bonchev–Trinajstić information content (AvgIpc) is 2.93. The maximum Gasteiger partial charge on any atom is 0.0890 e. The van der Waals surface area contributed by atoms with Gasteiger partial charge in [-0.3, -0.25) is 14.6 Å². The third-order valence-corrected chi connectivity index (χ3v) is 4.71. The summed E-state index contributed by atoms with van der Waals surface area (Å²) in [6, 6.07) is 7.97. The minimum absolute atomic E-state index is 0.682. The Bertz CT molecular complexity index is 874. The fourth-order valence-corrected chi connectivity index (χ4v) is 3.23. The van der Waals surface area contributed by atoms with Crippen LogP contribution in [0.2, 0.25) is 0 Å². The van der Waals surface area contributed by atoms with Crippen LogP contribution in [0.1, 0.15) is 29.6 Å². The summed E-state index contributed by atoms with van der Waals surface area (Å²) in [4.78, 5) is 11.6. The van der Waals surface area contributed by atoms with Gasteiger partial charge in [-0.15, -0.1) is 0 Å². The van der Waals surface area contributed by atoms with Crippen LogP contribution in [-0.2, 0) is 24.4 Å². The Morgan fingerprint density at radius 2 is 1.88 bits per heavy atom. The van der Waals surface area contributed by atoms with Crippen LogP contribution in [0.4, 0.5) is 0 Å². The van der Waals surface area contributed by atoms with Crippen molar-refractivity contribution in [3.8, 4) is 0 Å².